The number of fused-ring (bicyclic) bond motifs is 2. The molecule has 270 valence electrons. The Kier molecular flexibility index (Phi) is 13.0. The number of nitrogens with one attached hydrogen (secondary N) is 2. The van der Waals surface area contributed by atoms with Gasteiger partial charge in [0.2, 0.25) is 12.7 Å². The molecule has 0 spiro atoms. The fourth-order valence-corrected chi connectivity index (χ4v) is 5.54. The third-order valence-corrected chi connectivity index (χ3v) is 8.44. The molecule has 2 aliphatic heterocycles. The number of alkyl halides is 3. The summed E-state index contributed by atoms with van der Waals surface area (Å²) in [6.45, 7) is 5.58. The lowest BCUT2D eigenvalue weighted by Gasteiger charge is -2.36. The number of aliphatic hydroxyl groups is 1. The van der Waals surface area contributed by atoms with Gasteiger partial charge in [-0.2, -0.15) is 13.2 Å². The van der Waals surface area contributed by atoms with Crippen LogP contribution in [0.4, 0.5) is 29.3 Å². The van der Waals surface area contributed by atoms with Crippen LogP contribution in [0.25, 0.3) is 0 Å². The van der Waals surface area contributed by atoms with Crippen molar-refractivity contribution < 1.29 is 51.6 Å². The van der Waals surface area contributed by atoms with Crippen LogP contribution in [0.5, 0.6) is 17.2 Å². The number of urea groups is 1. The number of rotatable bonds is 8. The van der Waals surface area contributed by atoms with E-state index >= 15 is 0 Å². The van der Waals surface area contributed by atoms with E-state index in [9.17, 15) is 32.7 Å². The Hall–Kier alpha value is -4.24. The minimum Gasteiger partial charge on any atom is -0.490 e. The maximum Gasteiger partial charge on any atom is 0.389 e. The number of anilines is 2. The molecule has 0 unspecified atom stereocenters. The van der Waals surface area contributed by atoms with Gasteiger partial charge in [0.05, 0.1) is 36.8 Å². The van der Waals surface area contributed by atoms with Crippen LogP contribution in [0.15, 0.2) is 36.4 Å². The number of carbonyl (C=O) groups excluding carboxylic acids is 3. The molecule has 2 aromatic carbocycles. The molecule has 2 heterocycles. The Morgan fingerprint density at radius 3 is 2.41 bits per heavy atom. The minimum absolute atomic E-state index is 0.0239. The highest BCUT2D eigenvalue weighted by atomic mass is 19.4. The van der Waals surface area contributed by atoms with Crippen molar-refractivity contribution in [3.63, 3.8) is 0 Å². The Bertz CT molecular complexity index is 1460. The van der Waals surface area contributed by atoms with Gasteiger partial charge >= 0.3 is 12.2 Å². The molecule has 0 saturated heterocycles. The van der Waals surface area contributed by atoms with Crippen LogP contribution in [0, 0.1) is 5.92 Å². The van der Waals surface area contributed by atoms with E-state index in [1.54, 1.807) is 37.3 Å². The number of likely N-dealkylation sites (N-methyl/N-ethyl adjacent to an activating group) is 1. The zero-order valence-electron chi connectivity index (χ0n) is 28.2. The van der Waals surface area contributed by atoms with Gasteiger partial charge in [-0.3, -0.25) is 9.59 Å². The minimum atomic E-state index is -4.45. The summed E-state index contributed by atoms with van der Waals surface area (Å²) in [5.41, 5.74) is 0.941. The van der Waals surface area contributed by atoms with E-state index in [4.69, 9.17) is 18.9 Å². The largest absolute Gasteiger partial charge is 0.490 e. The highest BCUT2D eigenvalue weighted by Gasteiger charge is 2.32. The molecule has 12 nitrogen and oxygen atoms in total. The molecule has 2 aromatic rings. The first kappa shape index (κ1) is 37.6. The fourth-order valence-electron chi connectivity index (χ4n) is 5.54. The lowest BCUT2D eigenvalue weighted by Crippen LogP contribution is -2.48. The topological polar surface area (TPSA) is 139 Å². The second-order valence-corrected chi connectivity index (χ2v) is 12.5. The van der Waals surface area contributed by atoms with Crippen molar-refractivity contribution in [3.05, 3.63) is 42.0 Å². The number of carbonyl (C=O) groups is 3. The van der Waals surface area contributed by atoms with Crippen LogP contribution in [0.1, 0.15) is 63.2 Å². The summed E-state index contributed by atoms with van der Waals surface area (Å²) in [7, 11) is 1.44. The number of nitrogens with zero attached hydrogens (tertiary/aromatic N) is 2. The van der Waals surface area contributed by atoms with Crippen molar-refractivity contribution in [1.29, 1.82) is 0 Å². The van der Waals surface area contributed by atoms with Crippen molar-refractivity contribution in [3.8, 4) is 17.2 Å². The SMILES string of the molecule is C[C@@H]1CN([C@H](C)CO)C(=O)c2cc(NC(=O)Nc3ccc4c(c3)OCO4)ccc2O[C@@H](C)CCCCO[C@@H]1CN(C)C(=O)CCC(F)(F)F. The molecule has 15 heteroatoms. The highest BCUT2D eigenvalue weighted by Crippen LogP contribution is 2.34. The number of aliphatic hydroxyl groups excluding tert-OH is 1. The number of hydrogen-bond acceptors (Lipinski definition) is 8. The molecule has 2 aliphatic rings. The molecule has 4 atom stereocenters. The first-order valence-corrected chi connectivity index (χ1v) is 16.4. The molecule has 0 saturated carbocycles. The first-order valence-electron chi connectivity index (χ1n) is 16.4. The van der Waals surface area contributed by atoms with Crippen LogP contribution in [-0.2, 0) is 9.53 Å². The predicted molar refractivity (Wildman–Crippen MR) is 175 cm³/mol. The quantitative estimate of drug-likeness (QED) is 0.322. The number of hydrogen-bond donors (Lipinski definition) is 3. The zero-order valence-corrected chi connectivity index (χ0v) is 28.2. The summed E-state index contributed by atoms with van der Waals surface area (Å²) in [5.74, 6) is -0.147. The second kappa shape index (κ2) is 16.9. The van der Waals surface area contributed by atoms with Crippen LogP contribution in [-0.4, -0.2) is 97.3 Å². The molecule has 3 N–H and O–H groups in total. The summed E-state index contributed by atoms with van der Waals surface area (Å²) in [6.07, 6.45) is -5.18. The van der Waals surface area contributed by atoms with Gasteiger partial charge < -0.3 is 44.5 Å². The van der Waals surface area contributed by atoms with Gasteiger partial charge in [-0.15, -0.1) is 0 Å². The third-order valence-electron chi connectivity index (χ3n) is 8.44. The maximum absolute atomic E-state index is 14.3. The monoisotopic (exact) mass is 694 g/mol. The Balaban J connectivity index is 1.56. The lowest BCUT2D eigenvalue weighted by molar-refractivity contribution is -0.149. The summed E-state index contributed by atoms with van der Waals surface area (Å²) in [4.78, 5) is 42.5. The number of amides is 4. The molecule has 4 amide bonds. The van der Waals surface area contributed by atoms with Crippen molar-refractivity contribution >= 4 is 29.2 Å². The van der Waals surface area contributed by atoms with Gasteiger partial charge in [0.25, 0.3) is 5.91 Å². The molecule has 4 rings (SSSR count). The summed E-state index contributed by atoms with van der Waals surface area (Å²) in [5, 5.41) is 15.6. The first-order chi connectivity index (χ1) is 23.2. The normalized spacial score (nSPS) is 20.8. The van der Waals surface area contributed by atoms with Gasteiger partial charge in [-0.1, -0.05) is 6.92 Å². The van der Waals surface area contributed by atoms with Gasteiger partial charge in [0.1, 0.15) is 5.75 Å². The second-order valence-electron chi connectivity index (χ2n) is 12.5. The molecule has 0 aromatic heterocycles. The molecule has 0 bridgehead atoms. The average Bonchev–Trinajstić information content (AvgIpc) is 3.52. The van der Waals surface area contributed by atoms with Gasteiger partial charge in [-0.05, 0) is 63.4 Å². The lowest BCUT2D eigenvalue weighted by atomic mass is 10.0. The Labute approximate surface area is 283 Å². The molecule has 49 heavy (non-hydrogen) atoms. The molecular weight excluding hydrogens is 649 g/mol. The Morgan fingerprint density at radius 1 is 1.04 bits per heavy atom. The van der Waals surface area contributed by atoms with Crippen molar-refractivity contribution in [2.75, 3.05) is 50.8 Å². The zero-order chi connectivity index (χ0) is 35.7. The van der Waals surface area contributed by atoms with E-state index in [1.807, 2.05) is 13.8 Å². The van der Waals surface area contributed by atoms with Gasteiger partial charge in [-0.25, -0.2) is 4.79 Å². The summed E-state index contributed by atoms with van der Waals surface area (Å²) in [6, 6.07) is 8.51. The molecular formula is C34H45F3N4O8. The number of ether oxygens (including phenoxy) is 4. The summed E-state index contributed by atoms with van der Waals surface area (Å²) >= 11 is 0. The van der Waals surface area contributed by atoms with Crippen LogP contribution in [0.3, 0.4) is 0 Å². The van der Waals surface area contributed by atoms with E-state index < -0.39 is 54.9 Å². The third kappa shape index (κ3) is 10.9. The Morgan fingerprint density at radius 2 is 1.71 bits per heavy atom. The smallest absolute Gasteiger partial charge is 0.389 e. The summed E-state index contributed by atoms with van der Waals surface area (Å²) < 4.78 is 61.3. The van der Waals surface area contributed by atoms with Crippen molar-refractivity contribution in [1.82, 2.24) is 9.80 Å². The average molecular weight is 695 g/mol. The molecule has 0 radical (unpaired) electrons. The van der Waals surface area contributed by atoms with Crippen molar-refractivity contribution in [2.24, 2.45) is 5.92 Å². The fraction of sp³-hybridized carbons (Fsp3) is 0.559. The van der Waals surface area contributed by atoms with E-state index in [-0.39, 0.29) is 38.2 Å². The van der Waals surface area contributed by atoms with E-state index in [2.05, 4.69) is 10.6 Å². The van der Waals surface area contributed by atoms with E-state index in [0.717, 1.165) is 6.42 Å². The van der Waals surface area contributed by atoms with Crippen LogP contribution in [0.2, 0.25) is 0 Å². The van der Waals surface area contributed by atoms with Crippen LogP contribution >= 0.6 is 0 Å². The maximum atomic E-state index is 14.3. The van der Waals surface area contributed by atoms with Crippen LogP contribution < -0.4 is 24.8 Å². The number of benzene rings is 2. The standard InChI is InChI=1S/C34H45F3N4O8/c1-21-17-41(22(2)19-42)32(44)26-15-24(38-33(45)39-25-9-11-28-29(16-25)48-20-47-28)8-10-27(26)49-23(3)7-5-6-14-46-30(21)18-40(4)31(43)12-13-34(35,36)37/h8-11,15-16,21-23,30,42H,5-7,12-14,17-20H2,1-4H3,(H2,38,39,45)/t21-,22-,23+,30-/m1/s1. The molecule has 0 fully saturated rings. The molecule has 0 aliphatic carbocycles. The highest BCUT2D eigenvalue weighted by molar-refractivity contribution is 6.02. The van der Waals surface area contributed by atoms with Gasteiger partial charge in [0, 0.05) is 56.5 Å². The number of halogens is 3. The van der Waals surface area contributed by atoms with Gasteiger partial charge in [0.15, 0.2) is 11.5 Å². The van der Waals surface area contributed by atoms with E-state index in [1.165, 1.54) is 22.9 Å². The van der Waals surface area contributed by atoms with E-state index in [0.29, 0.717) is 48.1 Å². The van der Waals surface area contributed by atoms with Crippen molar-refractivity contribution in [2.45, 2.75) is 77.3 Å². The predicted octanol–water partition coefficient (Wildman–Crippen LogP) is 5.66.